The molecule has 0 aliphatic rings. The van der Waals surface area contributed by atoms with Crippen LogP contribution < -0.4 is 0 Å². The molecule has 2 rings (SSSR count). The summed E-state index contributed by atoms with van der Waals surface area (Å²) in [5, 5.41) is 2.84. The monoisotopic (exact) mass is 242 g/mol. The van der Waals surface area contributed by atoms with Crippen molar-refractivity contribution < 1.29 is 0 Å². The zero-order chi connectivity index (χ0) is 13.7. The number of hydrogen-bond acceptors (Lipinski definition) is 0. The van der Waals surface area contributed by atoms with E-state index in [-0.39, 0.29) is 0 Å². The van der Waals surface area contributed by atoms with Gasteiger partial charge >= 0.3 is 0 Å². The van der Waals surface area contributed by atoms with Gasteiger partial charge in [-0.1, -0.05) is 77.9 Å². The highest BCUT2D eigenvalue weighted by molar-refractivity contribution is 5.89. The van der Waals surface area contributed by atoms with Gasteiger partial charge in [0, 0.05) is 0 Å². The SMILES string of the molecule is CC.CC(C)c1ccc(C(C)C)c2ccccc12. The van der Waals surface area contributed by atoms with E-state index in [1.54, 1.807) is 0 Å². The highest BCUT2D eigenvalue weighted by Crippen LogP contribution is 2.31. The van der Waals surface area contributed by atoms with Crippen molar-refractivity contribution in [2.45, 2.75) is 53.4 Å². The third-order valence-electron chi connectivity index (χ3n) is 3.24. The van der Waals surface area contributed by atoms with Crippen LogP contribution in [0.3, 0.4) is 0 Å². The molecule has 0 radical (unpaired) electrons. The Hall–Kier alpha value is -1.30. The van der Waals surface area contributed by atoms with Crippen molar-refractivity contribution >= 4 is 10.8 Å². The Morgan fingerprint density at radius 3 is 1.22 bits per heavy atom. The second-order valence-electron chi connectivity index (χ2n) is 5.10. The van der Waals surface area contributed by atoms with E-state index in [9.17, 15) is 0 Å². The molecule has 0 nitrogen and oxygen atoms in total. The predicted octanol–water partition coefficient (Wildman–Crippen LogP) is 6.11. The first-order valence-electron chi connectivity index (χ1n) is 7.12. The summed E-state index contributed by atoms with van der Waals surface area (Å²) in [5.74, 6) is 1.18. The van der Waals surface area contributed by atoms with Crippen LogP contribution in [0, 0.1) is 0 Å². The molecule has 0 N–H and O–H groups in total. The average Bonchev–Trinajstić information content (AvgIpc) is 2.39. The summed E-state index contributed by atoms with van der Waals surface area (Å²) >= 11 is 0. The molecule has 0 spiro atoms. The van der Waals surface area contributed by atoms with Crippen LogP contribution in [0.4, 0.5) is 0 Å². The van der Waals surface area contributed by atoms with Gasteiger partial charge < -0.3 is 0 Å². The minimum Gasteiger partial charge on any atom is -0.0683 e. The Morgan fingerprint density at radius 1 is 0.611 bits per heavy atom. The molecule has 0 aliphatic heterocycles. The summed E-state index contributed by atoms with van der Waals surface area (Å²) < 4.78 is 0. The quantitative estimate of drug-likeness (QED) is 0.595. The van der Waals surface area contributed by atoms with Crippen LogP contribution in [0.15, 0.2) is 36.4 Å². The fourth-order valence-corrected chi connectivity index (χ4v) is 2.35. The van der Waals surface area contributed by atoms with Crippen LogP contribution in [-0.2, 0) is 0 Å². The zero-order valence-corrected chi connectivity index (χ0v) is 12.6. The average molecular weight is 242 g/mol. The third-order valence-corrected chi connectivity index (χ3v) is 3.24. The first-order chi connectivity index (χ1) is 8.61. The Balaban J connectivity index is 0.000000771. The van der Waals surface area contributed by atoms with Gasteiger partial charge in [0.15, 0.2) is 0 Å². The maximum absolute atomic E-state index is 2.29. The standard InChI is InChI=1S/C16H20.C2H6/c1-11(2)13-9-10-14(12(3)4)16-8-6-5-7-15(13)16;1-2/h5-12H,1-4H3;1-2H3. The van der Waals surface area contributed by atoms with E-state index in [2.05, 4.69) is 64.1 Å². The highest BCUT2D eigenvalue weighted by Gasteiger charge is 2.09. The van der Waals surface area contributed by atoms with Gasteiger partial charge in [0.1, 0.15) is 0 Å². The van der Waals surface area contributed by atoms with Crippen molar-refractivity contribution in [1.82, 2.24) is 0 Å². The predicted molar refractivity (Wildman–Crippen MR) is 83.5 cm³/mol. The Bertz CT molecular complexity index is 446. The third kappa shape index (κ3) is 2.93. The first kappa shape index (κ1) is 14.8. The van der Waals surface area contributed by atoms with Gasteiger partial charge in [-0.2, -0.15) is 0 Å². The second kappa shape index (κ2) is 6.58. The fraction of sp³-hybridized carbons (Fsp3) is 0.444. The van der Waals surface area contributed by atoms with Crippen LogP contribution in [0.25, 0.3) is 10.8 Å². The molecule has 18 heavy (non-hydrogen) atoms. The van der Waals surface area contributed by atoms with Gasteiger partial charge in [-0.15, -0.1) is 0 Å². The minimum atomic E-state index is 0.589. The molecule has 0 heterocycles. The summed E-state index contributed by atoms with van der Waals surface area (Å²) in [7, 11) is 0. The van der Waals surface area contributed by atoms with E-state index >= 15 is 0 Å². The lowest BCUT2D eigenvalue weighted by Crippen LogP contribution is -1.95. The Kier molecular flexibility index (Phi) is 5.40. The number of rotatable bonds is 2. The zero-order valence-electron chi connectivity index (χ0n) is 12.6. The molecule has 0 aromatic heterocycles. The number of hydrogen-bond donors (Lipinski definition) is 0. The Morgan fingerprint density at radius 2 is 0.944 bits per heavy atom. The summed E-state index contributed by atoms with van der Waals surface area (Å²) in [4.78, 5) is 0. The molecule has 0 saturated heterocycles. The summed E-state index contributed by atoms with van der Waals surface area (Å²) in [6, 6.07) is 13.4. The molecule has 0 amide bonds. The van der Waals surface area contributed by atoms with E-state index in [0.29, 0.717) is 11.8 Å². The van der Waals surface area contributed by atoms with Crippen molar-refractivity contribution in [2.24, 2.45) is 0 Å². The molecule has 2 aromatic carbocycles. The van der Waals surface area contributed by atoms with Crippen LogP contribution in [0.5, 0.6) is 0 Å². The van der Waals surface area contributed by atoms with Gasteiger partial charge in [-0.3, -0.25) is 0 Å². The molecular weight excluding hydrogens is 216 g/mol. The van der Waals surface area contributed by atoms with E-state index in [1.807, 2.05) is 13.8 Å². The van der Waals surface area contributed by atoms with Crippen molar-refractivity contribution in [3.8, 4) is 0 Å². The maximum Gasteiger partial charge on any atom is -0.0146 e. The lowest BCUT2D eigenvalue weighted by atomic mass is 9.89. The normalized spacial score (nSPS) is 10.7. The molecule has 2 aromatic rings. The van der Waals surface area contributed by atoms with Crippen LogP contribution >= 0.6 is 0 Å². The fourth-order valence-electron chi connectivity index (χ4n) is 2.35. The van der Waals surface area contributed by atoms with Crippen molar-refractivity contribution in [2.75, 3.05) is 0 Å². The van der Waals surface area contributed by atoms with Gasteiger partial charge in [-0.05, 0) is 33.7 Å². The molecular formula is C18H26. The van der Waals surface area contributed by atoms with Crippen LogP contribution in [0.1, 0.15) is 64.5 Å². The Labute approximate surface area is 112 Å². The second-order valence-corrected chi connectivity index (χ2v) is 5.10. The van der Waals surface area contributed by atoms with Crippen molar-refractivity contribution in [1.29, 1.82) is 0 Å². The van der Waals surface area contributed by atoms with Crippen molar-refractivity contribution in [3.63, 3.8) is 0 Å². The van der Waals surface area contributed by atoms with Gasteiger partial charge in [0.2, 0.25) is 0 Å². The number of benzene rings is 2. The molecule has 0 bridgehead atoms. The summed E-state index contributed by atoms with van der Waals surface area (Å²) in [6.07, 6.45) is 0. The topological polar surface area (TPSA) is 0 Å². The van der Waals surface area contributed by atoms with E-state index < -0.39 is 0 Å². The summed E-state index contributed by atoms with van der Waals surface area (Å²) in [5.41, 5.74) is 2.92. The van der Waals surface area contributed by atoms with E-state index in [0.717, 1.165) is 0 Å². The van der Waals surface area contributed by atoms with Crippen LogP contribution in [0.2, 0.25) is 0 Å². The molecule has 0 fully saturated rings. The molecule has 0 aliphatic carbocycles. The molecule has 0 saturated carbocycles. The van der Waals surface area contributed by atoms with Gasteiger partial charge in [-0.25, -0.2) is 0 Å². The highest BCUT2D eigenvalue weighted by atomic mass is 14.1. The largest absolute Gasteiger partial charge is 0.0683 e. The van der Waals surface area contributed by atoms with Crippen LogP contribution in [-0.4, -0.2) is 0 Å². The smallest absolute Gasteiger partial charge is 0.0146 e. The van der Waals surface area contributed by atoms with E-state index in [1.165, 1.54) is 21.9 Å². The first-order valence-corrected chi connectivity index (χ1v) is 7.12. The molecule has 98 valence electrons. The minimum absolute atomic E-state index is 0.589. The molecule has 0 unspecified atom stereocenters. The van der Waals surface area contributed by atoms with Gasteiger partial charge in [0.05, 0.1) is 0 Å². The van der Waals surface area contributed by atoms with Gasteiger partial charge in [0.25, 0.3) is 0 Å². The number of fused-ring (bicyclic) bond motifs is 1. The summed E-state index contributed by atoms with van der Waals surface area (Å²) in [6.45, 7) is 13.0. The molecule has 0 heteroatoms. The molecule has 0 atom stereocenters. The lowest BCUT2D eigenvalue weighted by Gasteiger charge is -2.15. The maximum atomic E-state index is 2.29. The van der Waals surface area contributed by atoms with Crippen molar-refractivity contribution in [3.05, 3.63) is 47.5 Å². The lowest BCUT2D eigenvalue weighted by molar-refractivity contribution is 0.859. The van der Waals surface area contributed by atoms with E-state index in [4.69, 9.17) is 0 Å².